The largest absolute Gasteiger partial charge is 0.481 e. The SMILES string of the molecule is CS(=O)(=O)N1CCC[C@H](C(=O)Nc2ccc(C(F)(F)F)c(F)c2)C1.CS(=O)(=O)N1CCC[C@H](C(=O)O)C1. The van der Waals surface area contributed by atoms with E-state index >= 15 is 0 Å². The van der Waals surface area contributed by atoms with Crippen molar-refractivity contribution in [2.24, 2.45) is 11.8 Å². The minimum absolute atomic E-state index is 0.00617. The van der Waals surface area contributed by atoms with Gasteiger partial charge in [0.2, 0.25) is 26.0 Å². The zero-order chi connectivity index (χ0) is 28.2. The molecular formula is C21H29F4N3O7S2. The molecular weight excluding hydrogens is 546 g/mol. The number of hydrogen-bond donors (Lipinski definition) is 2. The van der Waals surface area contributed by atoms with Gasteiger partial charge < -0.3 is 10.4 Å². The van der Waals surface area contributed by atoms with Gasteiger partial charge in [-0.1, -0.05) is 0 Å². The average molecular weight is 576 g/mol. The summed E-state index contributed by atoms with van der Waals surface area (Å²) in [6.07, 6.45) is -0.527. The van der Waals surface area contributed by atoms with Crippen LogP contribution < -0.4 is 5.32 Å². The second-order valence-corrected chi connectivity index (χ2v) is 12.9. The summed E-state index contributed by atoms with van der Waals surface area (Å²) in [5.74, 6) is -4.13. The molecule has 2 aliphatic heterocycles. The van der Waals surface area contributed by atoms with Crippen LogP contribution in [0.2, 0.25) is 0 Å². The molecule has 2 fully saturated rings. The molecule has 0 aliphatic carbocycles. The van der Waals surface area contributed by atoms with Crippen LogP contribution in [0.15, 0.2) is 18.2 Å². The first-order valence-corrected chi connectivity index (χ1v) is 14.9. The number of hydrogen-bond acceptors (Lipinski definition) is 6. The molecule has 1 aromatic rings. The average Bonchev–Trinajstić information content (AvgIpc) is 2.77. The predicted octanol–water partition coefficient (Wildman–Crippen LogP) is 2.20. The van der Waals surface area contributed by atoms with Crippen LogP contribution in [0.4, 0.5) is 23.2 Å². The Kier molecular flexibility index (Phi) is 10.1. The van der Waals surface area contributed by atoms with Crippen molar-refractivity contribution in [1.82, 2.24) is 8.61 Å². The fourth-order valence-electron chi connectivity index (χ4n) is 3.97. The van der Waals surface area contributed by atoms with Gasteiger partial charge in [-0.25, -0.2) is 29.8 Å². The quantitative estimate of drug-likeness (QED) is 0.513. The Hall–Kier alpha value is -2.30. The first-order chi connectivity index (χ1) is 16.9. The highest BCUT2D eigenvalue weighted by Gasteiger charge is 2.35. The zero-order valence-electron chi connectivity index (χ0n) is 20.2. The van der Waals surface area contributed by atoms with Gasteiger partial charge in [0.25, 0.3) is 0 Å². The molecule has 1 aromatic carbocycles. The van der Waals surface area contributed by atoms with Crippen molar-refractivity contribution in [2.45, 2.75) is 31.9 Å². The molecule has 2 aliphatic rings. The van der Waals surface area contributed by atoms with Crippen LogP contribution in [0.5, 0.6) is 0 Å². The molecule has 0 aromatic heterocycles. The van der Waals surface area contributed by atoms with E-state index in [1.54, 1.807) is 0 Å². The molecule has 3 rings (SSSR count). The number of benzene rings is 1. The molecule has 10 nitrogen and oxygen atoms in total. The summed E-state index contributed by atoms with van der Waals surface area (Å²) in [5, 5.41) is 11.0. The second kappa shape index (κ2) is 12.0. The van der Waals surface area contributed by atoms with E-state index in [-0.39, 0.29) is 18.8 Å². The maximum Gasteiger partial charge on any atom is 0.419 e. The van der Waals surface area contributed by atoms with Gasteiger partial charge in [-0.05, 0) is 43.9 Å². The topological polar surface area (TPSA) is 141 Å². The number of carbonyl (C=O) groups is 2. The van der Waals surface area contributed by atoms with Crippen LogP contribution in [0.3, 0.4) is 0 Å². The Morgan fingerprint density at radius 3 is 1.86 bits per heavy atom. The van der Waals surface area contributed by atoms with Crippen LogP contribution in [0.25, 0.3) is 0 Å². The van der Waals surface area contributed by atoms with Crippen molar-refractivity contribution in [1.29, 1.82) is 0 Å². The van der Waals surface area contributed by atoms with Gasteiger partial charge in [-0.2, -0.15) is 13.2 Å². The number of halogens is 4. The Labute approximate surface area is 212 Å². The standard InChI is InChI=1S/C14H16F4N2O3S.C7H13NO4S/c1-24(22,23)20-6-2-3-9(8-20)13(21)19-10-4-5-11(12(15)7-10)14(16,17)18;1-13(11,12)8-4-2-3-6(5-8)7(9)10/h4-5,7,9H,2-3,6,8H2,1H3,(H,19,21);6H,2-5H2,1H3,(H,9,10)/t9-;6-/m00/s1. The minimum Gasteiger partial charge on any atom is -0.481 e. The summed E-state index contributed by atoms with van der Waals surface area (Å²) >= 11 is 0. The van der Waals surface area contributed by atoms with E-state index in [2.05, 4.69) is 5.32 Å². The molecule has 2 atom stereocenters. The molecule has 210 valence electrons. The highest BCUT2D eigenvalue weighted by atomic mass is 32.2. The van der Waals surface area contributed by atoms with E-state index in [1.807, 2.05) is 0 Å². The van der Waals surface area contributed by atoms with E-state index in [1.165, 1.54) is 8.61 Å². The van der Waals surface area contributed by atoms with E-state index in [9.17, 15) is 44.0 Å². The molecule has 0 saturated carbocycles. The van der Waals surface area contributed by atoms with Crippen molar-refractivity contribution in [2.75, 3.05) is 44.0 Å². The van der Waals surface area contributed by atoms with E-state index in [4.69, 9.17) is 5.11 Å². The number of alkyl halides is 3. The van der Waals surface area contributed by atoms with E-state index in [0.717, 1.165) is 18.6 Å². The van der Waals surface area contributed by atoms with Crippen LogP contribution >= 0.6 is 0 Å². The van der Waals surface area contributed by atoms with Gasteiger partial charge in [0, 0.05) is 31.9 Å². The molecule has 2 N–H and O–H groups in total. The minimum atomic E-state index is -4.81. The van der Waals surface area contributed by atoms with Crippen molar-refractivity contribution in [3.05, 3.63) is 29.6 Å². The van der Waals surface area contributed by atoms with Crippen LogP contribution in [-0.4, -0.2) is 81.1 Å². The Morgan fingerprint density at radius 1 is 0.946 bits per heavy atom. The smallest absolute Gasteiger partial charge is 0.419 e. The van der Waals surface area contributed by atoms with Crippen molar-refractivity contribution in [3.8, 4) is 0 Å². The molecule has 0 radical (unpaired) electrons. The molecule has 0 spiro atoms. The molecule has 2 saturated heterocycles. The molecule has 16 heteroatoms. The summed E-state index contributed by atoms with van der Waals surface area (Å²) in [4.78, 5) is 22.8. The monoisotopic (exact) mass is 575 g/mol. The fourth-order valence-corrected chi connectivity index (χ4v) is 5.79. The van der Waals surface area contributed by atoms with E-state index in [0.29, 0.717) is 50.9 Å². The predicted molar refractivity (Wildman–Crippen MR) is 126 cm³/mol. The summed E-state index contributed by atoms with van der Waals surface area (Å²) < 4.78 is 98.6. The number of nitrogens with zero attached hydrogens (tertiary/aromatic N) is 2. The van der Waals surface area contributed by atoms with E-state index < -0.39 is 61.3 Å². The number of amides is 1. The third kappa shape index (κ3) is 9.19. The highest BCUT2D eigenvalue weighted by Crippen LogP contribution is 2.32. The normalized spacial score (nSPS) is 22.0. The zero-order valence-corrected chi connectivity index (χ0v) is 21.8. The summed E-state index contributed by atoms with van der Waals surface area (Å²) in [7, 11) is -6.65. The summed E-state index contributed by atoms with van der Waals surface area (Å²) in [6, 6.07) is 2.10. The lowest BCUT2D eigenvalue weighted by Crippen LogP contribution is -2.43. The maximum atomic E-state index is 13.5. The second-order valence-electron chi connectivity index (χ2n) is 8.94. The molecule has 0 unspecified atom stereocenters. The summed E-state index contributed by atoms with van der Waals surface area (Å²) in [6.45, 7) is 0.877. The lowest BCUT2D eigenvalue weighted by molar-refractivity contribution is -0.143. The number of aliphatic carboxylic acids is 1. The number of carbonyl (C=O) groups excluding carboxylic acids is 1. The van der Waals surface area contributed by atoms with Gasteiger partial charge in [0.1, 0.15) is 5.82 Å². The third-order valence-corrected chi connectivity index (χ3v) is 8.51. The fraction of sp³-hybridized carbons (Fsp3) is 0.619. The number of carboxylic acid groups (broad SMARTS) is 1. The Balaban J connectivity index is 0.000000312. The summed E-state index contributed by atoms with van der Waals surface area (Å²) in [5.41, 5.74) is -1.52. The Morgan fingerprint density at radius 2 is 1.43 bits per heavy atom. The lowest BCUT2D eigenvalue weighted by Gasteiger charge is -2.30. The van der Waals surface area contributed by atoms with Crippen molar-refractivity contribution >= 4 is 37.6 Å². The van der Waals surface area contributed by atoms with Crippen molar-refractivity contribution in [3.63, 3.8) is 0 Å². The van der Waals surface area contributed by atoms with Crippen LogP contribution in [0.1, 0.15) is 31.2 Å². The number of carboxylic acids is 1. The highest BCUT2D eigenvalue weighted by molar-refractivity contribution is 7.88. The molecule has 1 amide bonds. The van der Waals surface area contributed by atoms with Gasteiger partial charge in [-0.3, -0.25) is 9.59 Å². The molecule has 37 heavy (non-hydrogen) atoms. The van der Waals surface area contributed by atoms with Gasteiger partial charge >= 0.3 is 12.1 Å². The number of anilines is 1. The van der Waals surface area contributed by atoms with Crippen LogP contribution in [-0.2, 0) is 35.8 Å². The van der Waals surface area contributed by atoms with Crippen molar-refractivity contribution < 1.29 is 49.1 Å². The maximum absolute atomic E-state index is 13.5. The van der Waals surface area contributed by atoms with Crippen LogP contribution in [0, 0.1) is 17.7 Å². The van der Waals surface area contributed by atoms with Gasteiger partial charge in [-0.15, -0.1) is 0 Å². The van der Waals surface area contributed by atoms with Gasteiger partial charge in [0.05, 0.1) is 29.9 Å². The number of sulfonamides is 2. The molecule has 2 heterocycles. The lowest BCUT2D eigenvalue weighted by atomic mass is 9.98. The number of nitrogens with one attached hydrogen (secondary N) is 1. The van der Waals surface area contributed by atoms with Gasteiger partial charge in [0.15, 0.2) is 0 Å². The number of piperidine rings is 2. The first kappa shape index (κ1) is 30.9. The molecule has 0 bridgehead atoms. The third-order valence-electron chi connectivity index (χ3n) is 5.97. The number of rotatable bonds is 5. The first-order valence-electron chi connectivity index (χ1n) is 11.2. The Bertz CT molecular complexity index is 1210.